The Morgan fingerprint density at radius 2 is 2.27 bits per heavy atom. The lowest BCUT2D eigenvalue weighted by molar-refractivity contribution is -0.144. The number of carboxylic acids is 1. The van der Waals surface area contributed by atoms with Gasteiger partial charge in [-0.2, -0.15) is 0 Å². The summed E-state index contributed by atoms with van der Waals surface area (Å²) in [5, 5.41) is 11.3. The van der Waals surface area contributed by atoms with Crippen LogP contribution >= 0.6 is 0 Å². The number of amides is 1. The molecule has 1 fully saturated rings. The monoisotopic (exact) mass is 215 g/mol. The standard InChI is InChI=1S/C10H17NO4/c1-3-7(10(13)14)11-9(12)8-6(2)4-5-15-8/h6-8H,3-5H2,1-2H3,(H,11,12)(H,13,14). The lowest BCUT2D eigenvalue weighted by Crippen LogP contribution is -2.46. The molecule has 1 amide bonds. The zero-order valence-corrected chi connectivity index (χ0v) is 9.03. The molecule has 0 bridgehead atoms. The fourth-order valence-electron chi connectivity index (χ4n) is 1.62. The highest BCUT2D eigenvalue weighted by molar-refractivity contribution is 5.86. The van der Waals surface area contributed by atoms with Crippen LogP contribution in [0.4, 0.5) is 0 Å². The predicted molar refractivity (Wildman–Crippen MR) is 53.4 cm³/mol. The van der Waals surface area contributed by atoms with Gasteiger partial charge in [-0.25, -0.2) is 4.79 Å². The van der Waals surface area contributed by atoms with Gasteiger partial charge in [0.05, 0.1) is 0 Å². The van der Waals surface area contributed by atoms with Crippen LogP contribution in [-0.2, 0) is 14.3 Å². The fraction of sp³-hybridized carbons (Fsp3) is 0.800. The number of nitrogens with one attached hydrogen (secondary N) is 1. The molecule has 0 spiro atoms. The van der Waals surface area contributed by atoms with Crippen molar-refractivity contribution in [3.05, 3.63) is 0 Å². The van der Waals surface area contributed by atoms with Gasteiger partial charge in [-0.1, -0.05) is 13.8 Å². The van der Waals surface area contributed by atoms with Crippen LogP contribution in [-0.4, -0.2) is 35.7 Å². The third-order valence-electron chi connectivity index (χ3n) is 2.67. The Balaban J connectivity index is 2.50. The molecule has 15 heavy (non-hydrogen) atoms. The van der Waals surface area contributed by atoms with Gasteiger partial charge in [0, 0.05) is 6.61 Å². The maximum atomic E-state index is 11.6. The number of carboxylic acid groups (broad SMARTS) is 1. The largest absolute Gasteiger partial charge is 0.480 e. The molecule has 86 valence electrons. The molecule has 0 radical (unpaired) electrons. The zero-order valence-electron chi connectivity index (χ0n) is 9.03. The van der Waals surface area contributed by atoms with Gasteiger partial charge < -0.3 is 15.2 Å². The van der Waals surface area contributed by atoms with E-state index in [1.807, 2.05) is 6.92 Å². The average Bonchev–Trinajstić information content (AvgIpc) is 2.60. The fourth-order valence-corrected chi connectivity index (χ4v) is 1.62. The van der Waals surface area contributed by atoms with E-state index in [0.29, 0.717) is 13.0 Å². The van der Waals surface area contributed by atoms with Crippen LogP contribution < -0.4 is 5.32 Å². The minimum atomic E-state index is -1.00. The van der Waals surface area contributed by atoms with E-state index in [1.54, 1.807) is 6.92 Å². The number of hydrogen-bond acceptors (Lipinski definition) is 3. The third-order valence-corrected chi connectivity index (χ3v) is 2.67. The second-order valence-corrected chi connectivity index (χ2v) is 3.87. The third kappa shape index (κ3) is 2.92. The van der Waals surface area contributed by atoms with Gasteiger partial charge in [0.15, 0.2) is 0 Å². The van der Waals surface area contributed by atoms with E-state index in [2.05, 4.69) is 5.32 Å². The molecule has 0 aromatic heterocycles. The number of hydrogen-bond donors (Lipinski definition) is 2. The van der Waals surface area contributed by atoms with Gasteiger partial charge in [0.2, 0.25) is 5.91 Å². The number of carbonyl (C=O) groups is 2. The molecule has 1 rings (SSSR count). The minimum absolute atomic E-state index is 0.163. The van der Waals surface area contributed by atoms with Gasteiger partial charge in [0.1, 0.15) is 12.1 Å². The van der Waals surface area contributed by atoms with Crippen LogP contribution in [0.2, 0.25) is 0 Å². The van der Waals surface area contributed by atoms with Crippen molar-refractivity contribution < 1.29 is 19.4 Å². The minimum Gasteiger partial charge on any atom is -0.480 e. The number of carbonyl (C=O) groups excluding carboxylic acids is 1. The van der Waals surface area contributed by atoms with Crippen molar-refractivity contribution in [1.82, 2.24) is 5.32 Å². The van der Waals surface area contributed by atoms with Crippen molar-refractivity contribution in [2.75, 3.05) is 6.61 Å². The quantitative estimate of drug-likeness (QED) is 0.711. The van der Waals surface area contributed by atoms with Crippen LogP contribution in [0.25, 0.3) is 0 Å². The first-order valence-electron chi connectivity index (χ1n) is 5.21. The summed E-state index contributed by atoms with van der Waals surface area (Å²) >= 11 is 0. The van der Waals surface area contributed by atoms with E-state index in [1.165, 1.54) is 0 Å². The number of aliphatic carboxylic acids is 1. The first-order valence-corrected chi connectivity index (χ1v) is 5.21. The molecule has 3 unspecified atom stereocenters. The summed E-state index contributed by atoms with van der Waals surface area (Å²) in [5.74, 6) is -1.15. The van der Waals surface area contributed by atoms with Crippen LogP contribution in [0, 0.1) is 5.92 Å². The van der Waals surface area contributed by atoms with Crippen LogP contribution in [0.5, 0.6) is 0 Å². The average molecular weight is 215 g/mol. The van der Waals surface area contributed by atoms with Crippen LogP contribution in [0.3, 0.4) is 0 Å². The van der Waals surface area contributed by atoms with Gasteiger partial charge in [-0.3, -0.25) is 4.79 Å². The molecule has 5 heteroatoms. The molecule has 1 heterocycles. The number of ether oxygens (including phenoxy) is 1. The molecule has 1 aliphatic heterocycles. The Morgan fingerprint density at radius 1 is 1.60 bits per heavy atom. The van der Waals surface area contributed by atoms with Crippen molar-refractivity contribution in [3.63, 3.8) is 0 Å². The SMILES string of the molecule is CCC(NC(=O)C1OCCC1C)C(=O)O. The topological polar surface area (TPSA) is 75.6 Å². The molecule has 0 aromatic rings. The summed E-state index contributed by atoms with van der Waals surface area (Å²) in [5.41, 5.74) is 0. The highest BCUT2D eigenvalue weighted by Crippen LogP contribution is 2.20. The van der Waals surface area contributed by atoms with Crippen LogP contribution in [0.1, 0.15) is 26.7 Å². The Bertz CT molecular complexity index is 254. The Morgan fingerprint density at radius 3 is 2.67 bits per heavy atom. The van der Waals surface area contributed by atoms with E-state index in [-0.39, 0.29) is 11.8 Å². The lowest BCUT2D eigenvalue weighted by Gasteiger charge is -2.18. The summed E-state index contributed by atoms with van der Waals surface area (Å²) < 4.78 is 5.25. The van der Waals surface area contributed by atoms with Crippen LogP contribution in [0.15, 0.2) is 0 Å². The first kappa shape index (κ1) is 12.0. The van der Waals surface area contributed by atoms with E-state index < -0.39 is 18.1 Å². The summed E-state index contributed by atoms with van der Waals surface area (Å²) in [6.07, 6.45) is 0.739. The van der Waals surface area contributed by atoms with E-state index in [4.69, 9.17) is 9.84 Å². The molecule has 1 saturated heterocycles. The lowest BCUT2D eigenvalue weighted by atomic mass is 10.0. The summed E-state index contributed by atoms with van der Waals surface area (Å²) in [4.78, 5) is 22.3. The zero-order chi connectivity index (χ0) is 11.4. The van der Waals surface area contributed by atoms with Crippen molar-refractivity contribution in [1.29, 1.82) is 0 Å². The molecule has 5 nitrogen and oxygen atoms in total. The molecule has 0 saturated carbocycles. The van der Waals surface area contributed by atoms with E-state index >= 15 is 0 Å². The summed E-state index contributed by atoms with van der Waals surface area (Å²) in [7, 11) is 0. The maximum Gasteiger partial charge on any atom is 0.326 e. The van der Waals surface area contributed by atoms with Gasteiger partial charge >= 0.3 is 5.97 Å². The summed E-state index contributed by atoms with van der Waals surface area (Å²) in [6, 6.07) is -0.811. The highest BCUT2D eigenvalue weighted by atomic mass is 16.5. The molecule has 0 aromatic carbocycles. The Kier molecular flexibility index (Phi) is 4.08. The summed E-state index contributed by atoms with van der Waals surface area (Å²) in [6.45, 7) is 4.22. The second-order valence-electron chi connectivity index (χ2n) is 3.87. The molecular weight excluding hydrogens is 198 g/mol. The smallest absolute Gasteiger partial charge is 0.326 e. The van der Waals surface area contributed by atoms with Crippen molar-refractivity contribution in [2.24, 2.45) is 5.92 Å². The highest BCUT2D eigenvalue weighted by Gasteiger charge is 2.32. The van der Waals surface area contributed by atoms with E-state index in [0.717, 1.165) is 6.42 Å². The van der Waals surface area contributed by atoms with Crippen molar-refractivity contribution in [3.8, 4) is 0 Å². The Hall–Kier alpha value is -1.10. The second kappa shape index (κ2) is 5.11. The molecule has 2 N–H and O–H groups in total. The molecule has 1 aliphatic rings. The number of rotatable bonds is 4. The van der Waals surface area contributed by atoms with Gasteiger partial charge in [-0.15, -0.1) is 0 Å². The maximum absolute atomic E-state index is 11.6. The predicted octanol–water partition coefficient (Wildman–Crippen LogP) is 0.391. The van der Waals surface area contributed by atoms with Crippen molar-refractivity contribution in [2.45, 2.75) is 38.8 Å². The first-order chi connectivity index (χ1) is 7.06. The van der Waals surface area contributed by atoms with E-state index in [9.17, 15) is 9.59 Å². The molecule has 0 aliphatic carbocycles. The van der Waals surface area contributed by atoms with Gasteiger partial charge in [0.25, 0.3) is 0 Å². The Labute approximate surface area is 88.8 Å². The van der Waals surface area contributed by atoms with Crippen molar-refractivity contribution >= 4 is 11.9 Å². The molecular formula is C10H17NO4. The normalized spacial score (nSPS) is 27.3. The molecule has 3 atom stereocenters. The van der Waals surface area contributed by atoms with Gasteiger partial charge in [-0.05, 0) is 18.8 Å².